The van der Waals surface area contributed by atoms with Crippen molar-refractivity contribution < 1.29 is 9.28 Å². The Hall–Kier alpha value is -1.35. The van der Waals surface area contributed by atoms with E-state index in [1.807, 2.05) is 0 Å². The van der Waals surface area contributed by atoms with Crippen LogP contribution >= 0.6 is 0 Å². The Labute approximate surface area is 192 Å². The van der Waals surface area contributed by atoms with Crippen molar-refractivity contribution in [3.05, 3.63) is 35.4 Å². The third-order valence-corrected chi connectivity index (χ3v) is 7.31. The molecule has 1 saturated heterocycles. The lowest BCUT2D eigenvalue weighted by atomic mass is 10.0. The van der Waals surface area contributed by atoms with Crippen LogP contribution in [0.4, 0.5) is 0 Å². The van der Waals surface area contributed by atoms with Crippen LogP contribution in [0.5, 0.6) is 0 Å². The van der Waals surface area contributed by atoms with Crippen LogP contribution in [-0.2, 0) is 11.3 Å². The van der Waals surface area contributed by atoms with E-state index in [9.17, 15) is 4.79 Å². The number of likely N-dealkylation sites (N-methyl/N-ethyl adjacent to an activating group) is 1. The first-order chi connectivity index (χ1) is 15.1. The molecule has 0 bridgehead atoms. The number of quaternary nitrogens is 1. The molecule has 0 unspecified atom stereocenters. The number of piperazine rings is 1. The molecule has 1 aromatic rings. The zero-order valence-corrected chi connectivity index (χ0v) is 20.8. The number of amides is 1. The molecule has 0 N–H and O–H groups in total. The zero-order chi connectivity index (χ0) is 22.4. The summed E-state index contributed by atoms with van der Waals surface area (Å²) in [7, 11) is 0. The van der Waals surface area contributed by atoms with E-state index in [0.717, 1.165) is 56.6 Å². The second kappa shape index (κ2) is 14.7. The minimum atomic E-state index is 0.389. The van der Waals surface area contributed by atoms with E-state index in [4.69, 9.17) is 0 Å². The van der Waals surface area contributed by atoms with Crippen LogP contribution in [0.3, 0.4) is 0 Å². The molecule has 31 heavy (non-hydrogen) atoms. The lowest BCUT2D eigenvalue weighted by Gasteiger charge is -2.44. The number of nitrogens with zero attached hydrogens (tertiary/aromatic N) is 2. The van der Waals surface area contributed by atoms with Crippen molar-refractivity contribution in [2.24, 2.45) is 0 Å². The number of hydrogen-bond donors (Lipinski definition) is 0. The van der Waals surface area contributed by atoms with Gasteiger partial charge in [-0.05, 0) is 20.3 Å². The molecule has 2 rings (SSSR count). The van der Waals surface area contributed by atoms with Gasteiger partial charge in [0.2, 0.25) is 5.91 Å². The fraction of sp³-hybridized carbons (Fsp3) is 0.750. The van der Waals surface area contributed by atoms with Crippen LogP contribution in [-0.4, -0.2) is 48.0 Å². The van der Waals surface area contributed by atoms with Gasteiger partial charge in [-0.3, -0.25) is 4.79 Å². The maximum absolute atomic E-state index is 12.7. The van der Waals surface area contributed by atoms with Gasteiger partial charge in [-0.15, -0.1) is 0 Å². The van der Waals surface area contributed by atoms with E-state index < -0.39 is 0 Å². The van der Waals surface area contributed by atoms with E-state index in [2.05, 4.69) is 49.9 Å². The molecule has 3 heteroatoms. The number of carbonyl (C=O) groups excluding carboxylic acids is 1. The van der Waals surface area contributed by atoms with Crippen molar-refractivity contribution >= 4 is 5.91 Å². The van der Waals surface area contributed by atoms with Crippen LogP contribution in [0.2, 0.25) is 0 Å². The smallest absolute Gasteiger partial charge is 0.222 e. The maximum atomic E-state index is 12.7. The summed E-state index contributed by atoms with van der Waals surface area (Å²) in [5.41, 5.74) is 2.77. The largest absolute Gasteiger partial charge is 0.331 e. The van der Waals surface area contributed by atoms with E-state index in [1.54, 1.807) is 0 Å². The molecule has 0 aromatic heterocycles. The molecule has 1 fully saturated rings. The average molecular weight is 430 g/mol. The number of unbranched alkanes of at least 4 members (excludes halogenated alkanes) is 10. The normalized spacial score (nSPS) is 15.9. The first-order valence-corrected chi connectivity index (χ1v) is 13.3. The van der Waals surface area contributed by atoms with E-state index in [1.165, 1.54) is 75.3 Å². The van der Waals surface area contributed by atoms with Gasteiger partial charge in [-0.2, -0.15) is 0 Å². The summed E-state index contributed by atoms with van der Waals surface area (Å²) < 4.78 is 1.12. The predicted molar refractivity (Wildman–Crippen MR) is 133 cm³/mol. The summed E-state index contributed by atoms with van der Waals surface area (Å²) in [6.45, 7) is 13.0. The third kappa shape index (κ3) is 9.76. The molecule has 0 radical (unpaired) electrons. The van der Waals surface area contributed by atoms with Crippen LogP contribution in [0.15, 0.2) is 24.3 Å². The lowest BCUT2D eigenvalue weighted by Crippen LogP contribution is -2.59. The van der Waals surface area contributed by atoms with E-state index in [0.29, 0.717) is 5.91 Å². The van der Waals surface area contributed by atoms with Crippen molar-refractivity contribution in [2.45, 2.75) is 104 Å². The second-order valence-corrected chi connectivity index (χ2v) is 9.92. The SMILES string of the molecule is CCCCCCCCCCCCCC(=O)N1CC[N+](CC)(Cc2cccc(C)c2)CC1. The molecule has 3 nitrogen and oxygen atoms in total. The third-order valence-electron chi connectivity index (χ3n) is 7.31. The minimum absolute atomic E-state index is 0.389. The van der Waals surface area contributed by atoms with Crippen LogP contribution in [0, 0.1) is 6.92 Å². The number of benzene rings is 1. The van der Waals surface area contributed by atoms with Gasteiger partial charge >= 0.3 is 0 Å². The monoisotopic (exact) mass is 429 g/mol. The molecule has 1 amide bonds. The van der Waals surface area contributed by atoms with Gasteiger partial charge in [-0.1, -0.05) is 101 Å². The van der Waals surface area contributed by atoms with Crippen LogP contribution in [0.25, 0.3) is 0 Å². The number of hydrogen-bond acceptors (Lipinski definition) is 1. The van der Waals surface area contributed by atoms with Crippen molar-refractivity contribution in [3.63, 3.8) is 0 Å². The summed E-state index contributed by atoms with van der Waals surface area (Å²) in [4.78, 5) is 14.8. The van der Waals surface area contributed by atoms with Crippen LogP contribution < -0.4 is 0 Å². The topological polar surface area (TPSA) is 20.3 Å². The summed E-state index contributed by atoms with van der Waals surface area (Å²) in [5.74, 6) is 0.389. The maximum Gasteiger partial charge on any atom is 0.222 e. The van der Waals surface area contributed by atoms with Crippen molar-refractivity contribution in [3.8, 4) is 0 Å². The Kier molecular flexibility index (Phi) is 12.3. The zero-order valence-electron chi connectivity index (χ0n) is 20.8. The molecule has 0 saturated carbocycles. The number of aryl methyl sites for hydroxylation is 1. The highest BCUT2D eigenvalue weighted by Gasteiger charge is 2.33. The second-order valence-electron chi connectivity index (χ2n) is 9.92. The van der Waals surface area contributed by atoms with E-state index >= 15 is 0 Å². The van der Waals surface area contributed by atoms with Crippen molar-refractivity contribution in [1.29, 1.82) is 0 Å². The Balaban J connectivity index is 1.57. The molecule has 0 atom stereocenters. The highest BCUT2D eigenvalue weighted by atomic mass is 16.2. The molecule has 176 valence electrons. The standard InChI is InChI=1S/C28H49N2O/c1-4-6-7-8-9-10-11-12-13-14-15-19-28(31)29-20-22-30(5-2,23-21-29)25-27-18-16-17-26(3)24-27/h16-18,24H,4-15,19-23,25H2,1-3H3/q+1. The van der Waals surface area contributed by atoms with Gasteiger partial charge < -0.3 is 9.38 Å². The summed E-state index contributed by atoms with van der Waals surface area (Å²) in [5, 5.41) is 0. The summed E-state index contributed by atoms with van der Waals surface area (Å²) >= 11 is 0. The molecule has 1 heterocycles. The van der Waals surface area contributed by atoms with Gasteiger partial charge in [0.15, 0.2) is 0 Å². The first kappa shape index (κ1) is 25.9. The average Bonchev–Trinajstić information content (AvgIpc) is 2.78. The van der Waals surface area contributed by atoms with Crippen LogP contribution in [0.1, 0.15) is 102 Å². The molecule has 0 spiro atoms. The van der Waals surface area contributed by atoms with Gasteiger partial charge in [0, 0.05) is 12.0 Å². The van der Waals surface area contributed by atoms with Crippen molar-refractivity contribution in [2.75, 3.05) is 32.7 Å². The highest BCUT2D eigenvalue weighted by Crippen LogP contribution is 2.20. The Morgan fingerprint density at radius 3 is 2.00 bits per heavy atom. The van der Waals surface area contributed by atoms with Crippen molar-refractivity contribution in [1.82, 2.24) is 4.90 Å². The Morgan fingerprint density at radius 2 is 1.45 bits per heavy atom. The fourth-order valence-electron chi connectivity index (χ4n) is 5.02. The fourth-order valence-corrected chi connectivity index (χ4v) is 5.02. The Morgan fingerprint density at radius 1 is 0.871 bits per heavy atom. The number of carbonyl (C=O) groups is 1. The molecule has 1 aliphatic heterocycles. The first-order valence-electron chi connectivity index (χ1n) is 13.3. The summed E-state index contributed by atoms with van der Waals surface area (Å²) in [6, 6.07) is 8.92. The highest BCUT2D eigenvalue weighted by molar-refractivity contribution is 5.76. The quantitative estimate of drug-likeness (QED) is 0.220. The van der Waals surface area contributed by atoms with Gasteiger partial charge in [0.25, 0.3) is 0 Å². The molecule has 1 aromatic carbocycles. The molecule has 0 aliphatic carbocycles. The minimum Gasteiger partial charge on any atom is -0.331 e. The molecular weight excluding hydrogens is 380 g/mol. The van der Waals surface area contributed by atoms with Gasteiger partial charge in [-0.25, -0.2) is 0 Å². The predicted octanol–water partition coefficient (Wildman–Crippen LogP) is 6.88. The Bertz CT molecular complexity index is 619. The van der Waals surface area contributed by atoms with Gasteiger partial charge in [0.05, 0.1) is 32.7 Å². The number of rotatable bonds is 15. The molecule has 1 aliphatic rings. The molecular formula is C28H49N2O+. The summed E-state index contributed by atoms with van der Waals surface area (Å²) in [6.07, 6.45) is 15.5. The van der Waals surface area contributed by atoms with E-state index in [-0.39, 0.29) is 0 Å². The van der Waals surface area contributed by atoms with Gasteiger partial charge in [0.1, 0.15) is 6.54 Å². The lowest BCUT2D eigenvalue weighted by molar-refractivity contribution is -0.942.